The van der Waals surface area contributed by atoms with Gasteiger partial charge in [0, 0.05) is 28.0 Å². The van der Waals surface area contributed by atoms with E-state index in [1.54, 1.807) is 28.8 Å². The third-order valence-electron chi connectivity index (χ3n) is 4.69. The number of halogens is 2. The molecule has 0 saturated carbocycles. The Bertz CT molecular complexity index is 1180. The number of allylic oxidation sites excluding steroid dienone is 1. The summed E-state index contributed by atoms with van der Waals surface area (Å²) in [4.78, 5) is 24.9. The van der Waals surface area contributed by atoms with Gasteiger partial charge in [-0.15, -0.1) is 16.8 Å². The largest absolute Gasteiger partial charge is 0.326 e. The Hall–Kier alpha value is -2.81. The Morgan fingerprint density at radius 1 is 1.00 bits per heavy atom. The Balaban J connectivity index is 1.63. The number of benzene rings is 2. The Kier molecular flexibility index (Phi) is 8.55. The van der Waals surface area contributed by atoms with Crippen molar-refractivity contribution < 1.29 is 9.59 Å². The summed E-state index contributed by atoms with van der Waals surface area (Å²) in [6.07, 6.45) is 1.73. The van der Waals surface area contributed by atoms with E-state index < -0.39 is 0 Å². The molecule has 0 atom stereocenters. The van der Waals surface area contributed by atoms with Crippen LogP contribution in [-0.2, 0) is 22.6 Å². The van der Waals surface area contributed by atoms with Crippen LogP contribution >= 0.6 is 35.0 Å². The normalized spacial score (nSPS) is 10.7. The highest BCUT2D eigenvalue weighted by molar-refractivity contribution is 7.99. The van der Waals surface area contributed by atoms with E-state index in [9.17, 15) is 9.59 Å². The van der Waals surface area contributed by atoms with Crippen molar-refractivity contribution in [2.24, 2.45) is 0 Å². The first kappa shape index (κ1) is 24.8. The molecule has 0 aliphatic rings. The molecular formula is C23H23Cl2N5O2S. The van der Waals surface area contributed by atoms with Crippen LogP contribution in [0.1, 0.15) is 17.0 Å². The van der Waals surface area contributed by atoms with Gasteiger partial charge in [-0.3, -0.25) is 9.59 Å². The van der Waals surface area contributed by atoms with Crippen LogP contribution in [0, 0.1) is 13.8 Å². The van der Waals surface area contributed by atoms with E-state index in [4.69, 9.17) is 23.2 Å². The van der Waals surface area contributed by atoms with E-state index in [-0.39, 0.29) is 24.0 Å². The van der Waals surface area contributed by atoms with Gasteiger partial charge in [-0.05, 0) is 55.3 Å². The second-order valence-corrected chi connectivity index (χ2v) is 9.13. The number of carbonyl (C=O) groups excluding carboxylic acids is 2. The molecule has 0 bridgehead atoms. The highest BCUT2D eigenvalue weighted by Crippen LogP contribution is 2.23. The van der Waals surface area contributed by atoms with Crippen molar-refractivity contribution >= 4 is 58.2 Å². The van der Waals surface area contributed by atoms with Gasteiger partial charge in [-0.1, -0.05) is 47.1 Å². The zero-order chi connectivity index (χ0) is 24.0. The van der Waals surface area contributed by atoms with E-state index >= 15 is 0 Å². The summed E-state index contributed by atoms with van der Waals surface area (Å²) in [7, 11) is 0. The maximum Gasteiger partial charge on any atom is 0.234 e. The van der Waals surface area contributed by atoms with Crippen LogP contribution in [0.2, 0.25) is 10.0 Å². The van der Waals surface area contributed by atoms with Gasteiger partial charge in [0.15, 0.2) is 5.16 Å². The molecule has 10 heteroatoms. The Morgan fingerprint density at radius 2 is 1.70 bits per heavy atom. The average molecular weight is 504 g/mol. The van der Waals surface area contributed by atoms with E-state index in [2.05, 4.69) is 27.4 Å². The minimum Gasteiger partial charge on any atom is -0.326 e. The van der Waals surface area contributed by atoms with Crippen LogP contribution in [0.4, 0.5) is 11.4 Å². The average Bonchev–Trinajstić information content (AvgIpc) is 3.10. The van der Waals surface area contributed by atoms with Crippen LogP contribution < -0.4 is 10.6 Å². The molecule has 0 saturated heterocycles. The molecule has 0 fully saturated rings. The minimum absolute atomic E-state index is 0.0432. The smallest absolute Gasteiger partial charge is 0.234 e. The molecule has 1 aromatic heterocycles. The molecule has 33 heavy (non-hydrogen) atoms. The van der Waals surface area contributed by atoms with Gasteiger partial charge in [-0.25, -0.2) is 0 Å². The summed E-state index contributed by atoms with van der Waals surface area (Å²) in [5.41, 5.74) is 3.49. The number of aryl methyl sites for hydroxylation is 2. The number of carbonyl (C=O) groups is 2. The zero-order valence-electron chi connectivity index (χ0n) is 18.2. The standard InChI is InChI=1S/C23H23Cl2N5O2S/c1-4-7-30-20(12-21(31)26-18-6-5-14(2)15(3)8-18)28-29-23(30)33-13-22(32)27-19-10-16(24)9-17(25)11-19/h4-6,8-11H,1,7,12-13H2,2-3H3,(H,26,31)(H,27,32). The molecule has 2 amide bonds. The summed E-state index contributed by atoms with van der Waals surface area (Å²) >= 11 is 13.1. The lowest BCUT2D eigenvalue weighted by molar-refractivity contribution is -0.116. The van der Waals surface area contributed by atoms with Crippen molar-refractivity contribution in [1.29, 1.82) is 0 Å². The molecule has 2 aromatic carbocycles. The first-order valence-corrected chi connectivity index (χ1v) is 11.8. The van der Waals surface area contributed by atoms with E-state index in [0.717, 1.165) is 16.8 Å². The van der Waals surface area contributed by atoms with Gasteiger partial charge in [-0.2, -0.15) is 0 Å². The van der Waals surface area contributed by atoms with Gasteiger partial charge in [0.2, 0.25) is 11.8 Å². The third kappa shape index (κ3) is 7.08. The monoisotopic (exact) mass is 503 g/mol. The number of nitrogens with zero attached hydrogens (tertiary/aromatic N) is 3. The summed E-state index contributed by atoms with van der Waals surface area (Å²) in [5, 5.41) is 15.3. The summed E-state index contributed by atoms with van der Waals surface area (Å²) < 4.78 is 1.77. The molecule has 0 spiro atoms. The maximum absolute atomic E-state index is 12.6. The molecule has 1 heterocycles. The fraction of sp³-hybridized carbons (Fsp3) is 0.217. The first-order valence-electron chi connectivity index (χ1n) is 10.0. The van der Waals surface area contributed by atoms with Crippen molar-refractivity contribution in [3.63, 3.8) is 0 Å². The fourth-order valence-corrected chi connectivity index (χ4v) is 4.28. The lowest BCUT2D eigenvalue weighted by Crippen LogP contribution is -2.18. The van der Waals surface area contributed by atoms with Crippen LogP contribution in [0.25, 0.3) is 0 Å². The van der Waals surface area contributed by atoms with Gasteiger partial charge >= 0.3 is 0 Å². The molecular weight excluding hydrogens is 481 g/mol. The van der Waals surface area contributed by atoms with Crippen LogP contribution in [0.3, 0.4) is 0 Å². The molecule has 0 aliphatic heterocycles. The van der Waals surface area contributed by atoms with Crippen molar-refractivity contribution in [3.05, 3.63) is 76.0 Å². The predicted octanol–water partition coefficient (Wildman–Crippen LogP) is 5.30. The highest BCUT2D eigenvalue weighted by atomic mass is 35.5. The van der Waals surface area contributed by atoms with Crippen LogP contribution in [-0.4, -0.2) is 32.3 Å². The lowest BCUT2D eigenvalue weighted by Gasteiger charge is -2.10. The number of thioether (sulfide) groups is 1. The SMILES string of the molecule is C=CCn1c(CC(=O)Nc2ccc(C)c(C)c2)nnc1SCC(=O)Nc1cc(Cl)cc(Cl)c1. The number of amides is 2. The number of aromatic nitrogens is 3. The van der Waals surface area contributed by atoms with Gasteiger partial charge in [0.1, 0.15) is 5.82 Å². The van der Waals surface area contributed by atoms with Crippen molar-refractivity contribution in [1.82, 2.24) is 14.8 Å². The van der Waals surface area contributed by atoms with E-state index in [0.29, 0.717) is 33.3 Å². The van der Waals surface area contributed by atoms with Gasteiger partial charge < -0.3 is 15.2 Å². The predicted molar refractivity (Wildman–Crippen MR) is 134 cm³/mol. The minimum atomic E-state index is -0.250. The first-order chi connectivity index (χ1) is 15.7. The van der Waals surface area contributed by atoms with Crippen LogP contribution in [0.5, 0.6) is 0 Å². The molecule has 3 rings (SSSR count). The second kappa shape index (κ2) is 11.4. The van der Waals surface area contributed by atoms with Gasteiger partial charge in [0.25, 0.3) is 0 Å². The highest BCUT2D eigenvalue weighted by Gasteiger charge is 2.17. The third-order valence-corrected chi connectivity index (χ3v) is 6.10. The van der Waals surface area contributed by atoms with Gasteiger partial charge in [0.05, 0.1) is 12.2 Å². The molecule has 3 aromatic rings. The fourth-order valence-electron chi connectivity index (χ4n) is 2.99. The summed E-state index contributed by atoms with van der Waals surface area (Å²) in [6.45, 7) is 8.18. The Morgan fingerprint density at radius 3 is 2.36 bits per heavy atom. The topological polar surface area (TPSA) is 88.9 Å². The second-order valence-electron chi connectivity index (χ2n) is 7.32. The van der Waals surface area contributed by atoms with Crippen molar-refractivity contribution in [2.45, 2.75) is 32.0 Å². The molecule has 7 nitrogen and oxygen atoms in total. The maximum atomic E-state index is 12.6. The molecule has 2 N–H and O–H groups in total. The molecule has 0 unspecified atom stereocenters. The van der Waals surface area contributed by atoms with Crippen LogP contribution in [0.15, 0.2) is 54.2 Å². The van der Waals surface area contributed by atoms with E-state index in [1.165, 1.54) is 11.8 Å². The molecule has 0 aliphatic carbocycles. The number of hydrogen-bond donors (Lipinski definition) is 2. The lowest BCUT2D eigenvalue weighted by atomic mass is 10.1. The summed E-state index contributed by atoms with van der Waals surface area (Å²) in [5.74, 6) is 0.123. The molecule has 0 radical (unpaired) electrons. The molecule has 172 valence electrons. The van der Waals surface area contributed by atoms with Crippen molar-refractivity contribution in [2.75, 3.05) is 16.4 Å². The number of hydrogen-bond acceptors (Lipinski definition) is 5. The number of anilines is 2. The number of nitrogens with one attached hydrogen (secondary N) is 2. The van der Waals surface area contributed by atoms with Crippen molar-refractivity contribution in [3.8, 4) is 0 Å². The van der Waals surface area contributed by atoms with E-state index in [1.807, 2.05) is 32.0 Å². The number of rotatable bonds is 9. The zero-order valence-corrected chi connectivity index (χ0v) is 20.5. The Labute approximate surface area is 206 Å². The quantitative estimate of drug-likeness (QED) is 0.305. The summed E-state index contributed by atoms with van der Waals surface area (Å²) in [6, 6.07) is 10.6.